The van der Waals surface area contributed by atoms with Crippen molar-refractivity contribution < 1.29 is 14.7 Å². The third kappa shape index (κ3) is 3.60. The van der Waals surface area contributed by atoms with E-state index >= 15 is 0 Å². The Hall–Kier alpha value is -1.89. The molecule has 1 aromatic rings. The van der Waals surface area contributed by atoms with Crippen LogP contribution in [0.5, 0.6) is 0 Å². The number of hydrogen-bond acceptors (Lipinski definition) is 4. The topological polar surface area (TPSA) is 78.7 Å². The molecule has 1 saturated heterocycles. The van der Waals surface area contributed by atoms with Gasteiger partial charge in [0, 0.05) is 39.1 Å². The molecule has 21 heavy (non-hydrogen) atoms. The van der Waals surface area contributed by atoms with Crippen LogP contribution in [-0.2, 0) is 11.8 Å². The highest BCUT2D eigenvalue weighted by Gasteiger charge is 2.31. The maximum atomic E-state index is 12.4. The number of carbonyl (C=O) groups excluding carboxylic acids is 2. The Kier molecular flexibility index (Phi) is 4.62. The minimum atomic E-state index is -0.737. The molecule has 0 radical (unpaired) electrons. The van der Waals surface area contributed by atoms with E-state index in [0.29, 0.717) is 12.5 Å². The van der Waals surface area contributed by atoms with Crippen LogP contribution in [0.25, 0.3) is 0 Å². The second-order valence-corrected chi connectivity index (χ2v) is 5.89. The minimum absolute atomic E-state index is 0.0184. The van der Waals surface area contributed by atoms with Crippen molar-refractivity contribution in [2.75, 3.05) is 26.2 Å². The fraction of sp³-hybridized carbons (Fsp3) is 0.643. The zero-order valence-corrected chi connectivity index (χ0v) is 12.7. The summed E-state index contributed by atoms with van der Waals surface area (Å²) < 4.78 is 1.61. The van der Waals surface area contributed by atoms with Crippen molar-refractivity contribution in [2.45, 2.75) is 20.0 Å². The van der Waals surface area contributed by atoms with E-state index in [1.807, 2.05) is 13.8 Å². The summed E-state index contributed by atoms with van der Waals surface area (Å²) in [6, 6.07) is 0. The van der Waals surface area contributed by atoms with Crippen LogP contribution in [0.15, 0.2) is 12.4 Å². The number of imidazole rings is 1. The number of rotatable bonds is 3. The maximum absolute atomic E-state index is 12.4. The lowest BCUT2D eigenvalue weighted by atomic mass is 10.2. The second-order valence-electron chi connectivity index (χ2n) is 5.89. The monoisotopic (exact) mass is 294 g/mol. The molecule has 1 fully saturated rings. The summed E-state index contributed by atoms with van der Waals surface area (Å²) in [6.07, 6.45) is 2.47. The van der Waals surface area contributed by atoms with E-state index in [2.05, 4.69) is 4.98 Å². The van der Waals surface area contributed by atoms with E-state index in [-0.39, 0.29) is 37.3 Å². The number of β-amino-alcohol motifs (C(OH)–C–C–N with tert-alkyl or cyclic N) is 1. The van der Waals surface area contributed by atoms with Gasteiger partial charge >= 0.3 is 0 Å². The van der Waals surface area contributed by atoms with Crippen LogP contribution >= 0.6 is 0 Å². The quantitative estimate of drug-likeness (QED) is 0.832. The molecular weight excluding hydrogens is 272 g/mol. The van der Waals surface area contributed by atoms with Gasteiger partial charge in [-0.1, -0.05) is 13.8 Å². The molecule has 0 aliphatic carbocycles. The lowest BCUT2D eigenvalue weighted by Crippen LogP contribution is -2.41. The molecule has 1 aromatic heterocycles. The van der Waals surface area contributed by atoms with Gasteiger partial charge in [0.15, 0.2) is 5.82 Å². The number of aliphatic hydroxyl groups excluding tert-OH is 1. The third-order valence-electron chi connectivity index (χ3n) is 3.43. The van der Waals surface area contributed by atoms with Gasteiger partial charge in [0.05, 0.1) is 6.10 Å². The molecule has 0 bridgehead atoms. The first kappa shape index (κ1) is 15.5. The van der Waals surface area contributed by atoms with Crippen molar-refractivity contribution in [3.8, 4) is 0 Å². The summed E-state index contributed by atoms with van der Waals surface area (Å²) in [7, 11) is 1.72. The smallest absolute Gasteiger partial charge is 0.290 e. The Morgan fingerprint density at radius 2 is 2.19 bits per heavy atom. The van der Waals surface area contributed by atoms with E-state index in [1.54, 1.807) is 22.7 Å². The Bertz CT molecular complexity index is 526. The van der Waals surface area contributed by atoms with Crippen LogP contribution < -0.4 is 0 Å². The Balaban J connectivity index is 2.14. The average molecular weight is 294 g/mol. The van der Waals surface area contributed by atoms with Gasteiger partial charge in [-0.2, -0.15) is 0 Å². The molecule has 7 nitrogen and oxygen atoms in total. The number of aromatic nitrogens is 2. The van der Waals surface area contributed by atoms with Crippen molar-refractivity contribution >= 4 is 11.8 Å². The number of hydrogen-bond donors (Lipinski definition) is 1. The number of aryl methyl sites for hydroxylation is 1. The fourth-order valence-corrected chi connectivity index (χ4v) is 2.48. The standard InChI is InChI=1S/C14H22N4O3/c1-10(2)6-17-7-11(19)8-18(9-12(17)20)14(21)13-15-4-5-16(13)3/h4-5,10-11,19H,6-9H2,1-3H3. The van der Waals surface area contributed by atoms with E-state index in [1.165, 1.54) is 11.1 Å². The molecule has 0 saturated carbocycles. The molecule has 116 valence electrons. The van der Waals surface area contributed by atoms with Gasteiger partial charge in [0.1, 0.15) is 6.54 Å². The number of nitrogens with zero attached hydrogens (tertiary/aromatic N) is 4. The first-order valence-electron chi connectivity index (χ1n) is 7.11. The highest BCUT2D eigenvalue weighted by Crippen LogP contribution is 2.11. The van der Waals surface area contributed by atoms with Crippen LogP contribution in [0.1, 0.15) is 24.5 Å². The number of amides is 2. The Morgan fingerprint density at radius 3 is 2.76 bits per heavy atom. The van der Waals surface area contributed by atoms with Gasteiger partial charge in [0.25, 0.3) is 5.91 Å². The molecule has 1 atom stereocenters. The molecule has 0 spiro atoms. The maximum Gasteiger partial charge on any atom is 0.290 e. The highest BCUT2D eigenvalue weighted by molar-refractivity contribution is 5.94. The van der Waals surface area contributed by atoms with Crippen LogP contribution in [0, 0.1) is 5.92 Å². The molecule has 0 aromatic carbocycles. The van der Waals surface area contributed by atoms with Crippen molar-refractivity contribution in [2.24, 2.45) is 13.0 Å². The van der Waals surface area contributed by atoms with E-state index < -0.39 is 6.10 Å². The normalized spacial score (nSPS) is 20.0. The predicted molar refractivity (Wildman–Crippen MR) is 76.5 cm³/mol. The lowest BCUT2D eigenvalue weighted by Gasteiger charge is -2.23. The Morgan fingerprint density at radius 1 is 1.48 bits per heavy atom. The van der Waals surface area contributed by atoms with Gasteiger partial charge in [-0.05, 0) is 5.92 Å². The summed E-state index contributed by atoms with van der Waals surface area (Å²) in [4.78, 5) is 31.7. The van der Waals surface area contributed by atoms with Crippen LogP contribution in [0.2, 0.25) is 0 Å². The SMILES string of the molecule is CC(C)CN1CC(O)CN(C(=O)c2nccn2C)CC1=O. The van der Waals surface area contributed by atoms with E-state index in [4.69, 9.17) is 0 Å². The van der Waals surface area contributed by atoms with Crippen molar-refractivity contribution in [1.29, 1.82) is 0 Å². The van der Waals surface area contributed by atoms with Gasteiger partial charge in [-0.3, -0.25) is 9.59 Å². The highest BCUT2D eigenvalue weighted by atomic mass is 16.3. The number of carbonyl (C=O) groups is 2. The first-order chi connectivity index (χ1) is 9.88. The predicted octanol–water partition coefficient (Wildman–Crippen LogP) is -0.279. The molecule has 7 heteroatoms. The minimum Gasteiger partial charge on any atom is -0.389 e. The van der Waals surface area contributed by atoms with Crippen LogP contribution in [0.4, 0.5) is 0 Å². The zero-order chi connectivity index (χ0) is 15.6. The van der Waals surface area contributed by atoms with Crippen molar-refractivity contribution in [1.82, 2.24) is 19.4 Å². The Labute approximate surface area is 124 Å². The molecular formula is C14H22N4O3. The summed E-state index contributed by atoms with van der Waals surface area (Å²) >= 11 is 0. The summed E-state index contributed by atoms with van der Waals surface area (Å²) in [5.74, 6) is 0.120. The molecule has 1 aliphatic rings. The van der Waals surface area contributed by atoms with Gasteiger partial charge in [-0.25, -0.2) is 4.98 Å². The van der Waals surface area contributed by atoms with E-state index in [9.17, 15) is 14.7 Å². The van der Waals surface area contributed by atoms with Gasteiger partial charge in [-0.15, -0.1) is 0 Å². The second kappa shape index (κ2) is 6.26. The summed E-state index contributed by atoms with van der Waals surface area (Å²) in [5, 5.41) is 10.1. The molecule has 1 N–H and O–H groups in total. The number of aliphatic hydroxyl groups is 1. The van der Waals surface area contributed by atoms with Gasteiger partial charge < -0.3 is 19.5 Å². The van der Waals surface area contributed by atoms with Crippen LogP contribution in [-0.4, -0.2) is 68.6 Å². The molecule has 2 rings (SSSR count). The van der Waals surface area contributed by atoms with Crippen LogP contribution in [0.3, 0.4) is 0 Å². The molecule has 2 heterocycles. The van der Waals surface area contributed by atoms with Crippen molar-refractivity contribution in [3.63, 3.8) is 0 Å². The first-order valence-corrected chi connectivity index (χ1v) is 7.11. The lowest BCUT2D eigenvalue weighted by molar-refractivity contribution is -0.131. The average Bonchev–Trinajstić information content (AvgIpc) is 2.76. The molecule has 2 amide bonds. The third-order valence-corrected chi connectivity index (χ3v) is 3.43. The van der Waals surface area contributed by atoms with E-state index in [0.717, 1.165) is 0 Å². The molecule has 1 unspecified atom stereocenters. The fourth-order valence-electron chi connectivity index (χ4n) is 2.48. The summed E-state index contributed by atoms with van der Waals surface area (Å²) in [6.45, 7) is 5.01. The summed E-state index contributed by atoms with van der Waals surface area (Å²) in [5.41, 5.74) is 0. The zero-order valence-electron chi connectivity index (χ0n) is 12.7. The van der Waals surface area contributed by atoms with Gasteiger partial charge in [0.2, 0.25) is 5.91 Å². The molecule has 1 aliphatic heterocycles. The van der Waals surface area contributed by atoms with Crippen molar-refractivity contribution in [3.05, 3.63) is 18.2 Å². The largest absolute Gasteiger partial charge is 0.389 e.